The second-order valence-corrected chi connectivity index (χ2v) is 1.86. The van der Waals surface area contributed by atoms with E-state index in [0.717, 1.165) is 6.42 Å². The zero-order valence-electron chi connectivity index (χ0n) is 5.01. The molecule has 0 saturated carbocycles. The zero-order chi connectivity index (χ0) is 6.41. The smallest absolute Gasteiger partial charge is 0.0471 e. The Hall–Kier alpha value is -0.120. The molecule has 3 heteroatoms. The predicted molar refractivity (Wildman–Crippen MR) is 33.3 cm³/mol. The van der Waals surface area contributed by atoms with Crippen molar-refractivity contribution < 1.29 is 5.11 Å². The summed E-state index contributed by atoms with van der Waals surface area (Å²) in [4.78, 5) is 0. The molecule has 1 unspecified atom stereocenters. The van der Waals surface area contributed by atoms with Crippen molar-refractivity contribution in [2.75, 3.05) is 19.7 Å². The van der Waals surface area contributed by atoms with Crippen LogP contribution >= 0.6 is 0 Å². The van der Waals surface area contributed by atoms with E-state index in [9.17, 15) is 0 Å². The van der Waals surface area contributed by atoms with E-state index in [0.29, 0.717) is 13.1 Å². The van der Waals surface area contributed by atoms with Crippen molar-refractivity contribution in [2.45, 2.75) is 6.42 Å². The van der Waals surface area contributed by atoms with Gasteiger partial charge in [-0.2, -0.15) is 0 Å². The lowest BCUT2D eigenvalue weighted by Gasteiger charge is -2.07. The van der Waals surface area contributed by atoms with Gasteiger partial charge in [-0.05, 0) is 25.4 Å². The van der Waals surface area contributed by atoms with Gasteiger partial charge in [0, 0.05) is 6.61 Å². The highest BCUT2D eigenvalue weighted by Gasteiger charge is 2.00. The Kier molecular flexibility index (Phi) is 4.95. The van der Waals surface area contributed by atoms with Crippen molar-refractivity contribution in [1.29, 1.82) is 0 Å². The normalized spacial score (nSPS) is 13.9. The van der Waals surface area contributed by atoms with Gasteiger partial charge in [-0.15, -0.1) is 0 Å². The Balaban J connectivity index is 3.07. The lowest BCUT2D eigenvalue weighted by atomic mass is 10.1. The van der Waals surface area contributed by atoms with Crippen LogP contribution in [0.2, 0.25) is 0 Å². The number of nitrogens with two attached hydrogens (primary N) is 2. The van der Waals surface area contributed by atoms with Gasteiger partial charge < -0.3 is 16.6 Å². The fourth-order valence-corrected chi connectivity index (χ4v) is 0.519. The van der Waals surface area contributed by atoms with E-state index in [1.165, 1.54) is 0 Å². The number of aliphatic hydroxyl groups excluding tert-OH is 1. The monoisotopic (exact) mass is 118 g/mol. The maximum atomic E-state index is 8.52. The van der Waals surface area contributed by atoms with Crippen LogP contribution < -0.4 is 11.5 Å². The van der Waals surface area contributed by atoms with Crippen molar-refractivity contribution in [1.82, 2.24) is 0 Å². The first-order chi connectivity index (χ1) is 3.85. The van der Waals surface area contributed by atoms with Gasteiger partial charge in [0.05, 0.1) is 0 Å². The average molecular weight is 118 g/mol. The first-order valence-corrected chi connectivity index (χ1v) is 2.86. The van der Waals surface area contributed by atoms with Gasteiger partial charge in [-0.25, -0.2) is 0 Å². The first-order valence-electron chi connectivity index (χ1n) is 2.86. The molecule has 0 heterocycles. The highest BCUT2D eigenvalue weighted by molar-refractivity contribution is 4.56. The molecule has 0 bridgehead atoms. The maximum Gasteiger partial charge on any atom is 0.0471 e. The van der Waals surface area contributed by atoms with Crippen molar-refractivity contribution in [2.24, 2.45) is 17.4 Å². The molecule has 0 aromatic rings. The van der Waals surface area contributed by atoms with Gasteiger partial charge >= 0.3 is 0 Å². The van der Waals surface area contributed by atoms with Gasteiger partial charge in [0.15, 0.2) is 0 Å². The molecule has 0 aromatic carbocycles. The second kappa shape index (κ2) is 5.03. The topological polar surface area (TPSA) is 72.3 Å². The average Bonchev–Trinajstić information content (AvgIpc) is 1.83. The van der Waals surface area contributed by atoms with E-state index in [1.54, 1.807) is 0 Å². The Bertz CT molecular complexity index is 45.7. The van der Waals surface area contributed by atoms with Gasteiger partial charge in [0.1, 0.15) is 0 Å². The molecule has 0 saturated heterocycles. The molecule has 0 fully saturated rings. The summed E-state index contributed by atoms with van der Waals surface area (Å²) in [6.07, 6.45) is 0.826. The minimum Gasteiger partial charge on any atom is -0.396 e. The Morgan fingerprint density at radius 1 is 1.38 bits per heavy atom. The summed E-state index contributed by atoms with van der Waals surface area (Å²) in [5, 5.41) is 8.52. The summed E-state index contributed by atoms with van der Waals surface area (Å²) in [6, 6.07) is 0. The van der Waals surface area contributed by atoms with Crippen molar-refractivity contribution in [3.63, 3.8) is 0 Å². The molecule has 1 atom stereocenters. The number of hydrogen-bond acceptors (Lipinski definition) is 3. The molecule has 0 aliphatic rings. The van der Waals surface area contributed by atoms with Crippen LogP contribution in [0.1, 0.15) is 6.42 Å². The largest absolute Gasteiger partial charge is 0.396 e. The quantitative estimate of drug-likeness (QED) is 0.439. The second-order valence-electron chi connectivity index (χ2n) is 1.86. The first kappa shape index (κ1) is 7.88. The Morgan fingerprint density at radius 2 is 2.00 bits per heavy atom. The summed E-state index contributed by atoms with van der Waals surface area (Å²) in [5.74, 6) is 0.208. The Labute approximate surface area is 49.7 Å². The van der Waals surface area contributed by atoms with Crippen LogP contribution in [0.25, 0.3) is 0 Å². The number of hydrogen-bond donors (Lipinski definition) is 3. The van der Waals surface area contributed by atoms with Gasteiger partial charge in [0.2, 0.25) is 0 Å². The van der Waals surface area contributed by atoms with E-state index < -0.39 is 0 Å². The molecule has 0 radical (unpaired) electrons. The highest BCUT2D eigenvalue weighted by atomic mass is 16.3. The van der Waals surface area contributed by atoms with E-state index in [1.807, 2.05) is 0 Å². The van der Waals surface area contributed by atoms with E-state index >= 15 is 0 Å². The molecule has 0 aromatic heterocycles. The lowest BCUT2D eigenvalue weighted by molar-refractivity contribution is 0.224. The molecule has 0 aliphatic heterocycles. The third-order valence-electron chi connectivity index (χ3n) is 1.17. The summed E-state index contributed by atoms with van der Waals surface area (Å²) < 4.78 is 0. The maximum absolute atomic E-state index is 8.52. The Morgan fingerprint density at radius 3 is 2.12 bits per heavy atom. The summed E-state index contributed by atoms with van der Waals surface area (Å²) in [5.41, 5.74) is 10.5. The minimum absolute atomic E-state index is 0.160. The van der Waals surface area contributed by atoms with Gasteiger partial charge in [0.25, 0.3) is 0 Å². The van der Waals surface area contributed by atoms with E-state index in [4.69, 9.17) is 16.6 Å². The van der Waals surface area contributed by atoms with Crippen molar-refractivity contribution >= 4 is 0 Å². The van der Waals surface area contributed by atoms with Crippen LogP contribution in [-0.4, -0.2) is 24.8 Å². The fraction of sp³-hybridized carbons (Fsp3) is 1.00. The zero-order valence-corrected chi connectivity index (χ0v) is 5.01. The van der Waals surface area contributed by atoms with E-state index in [2.05, 4.69) is 0 Å². The van der Waals surface area contributed by atoms with Crippen molar-refractivity contribution in [3.05, 3.63) is 0 Å². The molecule has 3 nitrogen and oxygen atoms in total. The third-order valence-corrected chi connectivity index (χ3v) is 1.17. The van der Waals surface area contributed by atoms with Crippen LogP contribution in [0.15, 0.2) is 0 Å². The minimum atomic E-state index is 0.160. The lowest BCUT2D eigenvalue weighted by Crippen LogP contribution is -2.21. The van der Waals surface area contributed by atoms with Gasteiger partial charge in [-0.1, -0.05) is 0 Å². The van der Waals surface area contributed by atoms with Crippen LogP contribution in [0, 0.1) is 5.92 Å². The summed E-state index contributed by atoms with van der Waals surface area (Å²) >= 11 is 0. The number of rotatable bonds is 4. The SMILES string of the molecule is NCCC(CN)CO. The van der Waals surface area contributed by atoms with Crippen LogP contribution in [0.5, 0.6) is 0 Å². The highest BCUT2D eigenvalue weighted by Crippen LogP contribution is 1.95. The van der Waals surface area contributed by atoms with Gasteiger partial charge in [-0.3, -0.25) is 0 Å². The molecule has 50 valence electrons. The predicted octanol–water partition coefficient (Wildman–Crippen LogP) is -1.10. The molecule has 0 rings (SSSR count). The molecular weight excluding hydrogens is 104 g/mol. The molecule has 8 heavy (non-hydrogen) atoms. The van der Waals surface area contributed by atoms with Crippen LogP contribution in [-0.2, 0) is 0 Å². The molecule has 0 aliphatic carbocycles. The molecule has 5 N–H and O–H groups in total. The number of aliphatic hydroxyl groups is 1. The third kappa shape index (κ3) is 2.96. The fourth-order valence-electron chi connectivity index (χ4n) is 0.519. The van der Waals surface area contributed by atoms with Crippen LogP contribution in [0.3, 0.4) is 0 Å². The molecule has 0 amide bonds. The van der Waals surface area contributed by atoms with E-state index in [-0.39, 0.29) is 12.5 Å². The standard InChI is InChI=1S/C5H14N2O/c6-2-1-5(3-7)4-8/h5,8H,1-4,6-7H2. The van der Waals surface area contributed by atoms with Crippen molar-refractivity contribution in [3.8, 4) is 0 Å². The summed E-state index contributed by atoms with van der Waals surface area (Å²) in [6.45, 7) is 1.31. The molecular formula is C5H14N2O. The molecule has 0 spiro atoms. The van der Waals surface area contributed by atoms with Crippen LogP contribution in [0.4, 0.5) is 0 Å². The summed E-state index contributed by atoms with van der Waals surface area (Å²) in [7, 11) is 0.